The van der Waals surface area contributed by atoms with Gasteiger partial charge in [-0.25, -0.2) is 0 Å². The molecule has 1 aromatic heterocycles. The van der Waals surface area contributed by atoms with Crippen LogP contribution in [-0.2, 0) is 20.8 Å². The van der Waals surface area contributed by atoms with E-state index in [9.17, 15) is 4.79 Å². The summed E-state index contributed by atoms with van der Waals surface area (Å²) in [6.45, 7) is 2.79. The van der Waals surface area contributed by atoms with Crippen molar-refractivity contribution in [1.82, 2.24) is 15.1 Å². The van der Waals surface area contributed by atoms with Crippen molar-refractivity contribution in [1.29, 1.82) is 0 Å². The Morgan fingerprint density at radius 1 is 1.67 bits per heavy atom. The smallest absolute Gasteiger partial charge is 0.308 e. The standard InChI is InChI=1S/C10H14ClN3O3S/c1-16-9(15)4-7-5-14(2-3-17-7)6-8-12-13-10(11)18-8/h7H,2-6H2,1H3. The zero-order valence-electron chi connectivity index (χ0n) is 9.97. The lowest BCUT2D eigenvalue weighted by Crippen LogP contribution is -2.42. The van der Waals surface area contributed by atoms with Crippen molar-refractivity contribution < 1.29 is 14.3 Å². The normalized spacial score (nSPS) is 20.9. The lowest BCUT2D eigenvalue weighted by molar-refractivity contribution is -0.145. The number of morpholine rings is 1. The van der Waals surface area contributed by atoms with Crippen LogP contribution in [0, 0.1) is 0 Å². The summed E-state index contributed by atoms with van der Waals surface area (Å²) in [7, 11) is 1.38. The topological polar surface area (TPSA) is 64.5 Å². The van der Waals surface area contributed by atoms with Crippen molar-refractivity contribution in [3.63, 3.8) is 0 Å². The maximum absolute atomic E-state index is 11.2. The van der Waals surface area contributed by atoms with Gasteiger partial charge in [-0.2, -0.15) is 0 Å². The number of nitrogens with zero attached hydrogens (tertiary/aromatic N) is 3. The summed E-state index contributed by atoms with van der Waals surface area (Å²) in [4.78, 5) is 13.4. The van der Waals surface area contributed by atoms with Crippen LogP contribution in [0.15, 0.2) is 0 Å². The van der Waals surface area contributed by atoms with Crippen molar-refractivity contribution in [2.75, 3.05) is 26.8 Å². The number of hydrogen-bond acceptors (Lipinski definition) is 7. The molecule has 18 heavy (non-hydrogen) atoms. The summed E-state index contributed by atoms with van der Waals surface area (Å²) in [5.74, 6) is -0.249. The maximum Gasteiger partial charge on any atom is 0.308 e. The number of halogens is 1. The fraction of sp³-hybridized carbons (Fsp3) is 0.700. The number of ether oxygens (including phenoxy) is 2. The SMILES string of the molecule is COC(=O)CC1CN(Cc2nnc(Cl)s2)CCO1. The molecule has 8 heteroatoms. The predicted octanol–water partition coefficient (Wildman–Crippen LogP) is 0.955. The Morgan fingerprint density at radius 3 is 3.17 bits per heavy atom. The highest BCUT2D eigenvalue weighted by atomic mass is 35.5. The molecule has 1 aromatic rings. The molecule has 0 spiro atoms. The fourth-order valence-corrected chi connectivity index (χ4v) is 2.71. The maximum atomic E-state index is 11.2. The molecular formula is C10H14ClN3O3S. The number of hydrogen-bond donors (Lipinski definition) is 0. The molecule has 100 valence electrons. The van der Waals surface area contributed by atoms with E-state index in [0.29, 0.717) is 24.2 Å². The van der Waals surface area contributed by atoms with Gasteiger partial charge in [-0.1, -0.05) is 11.3 Å². The monoisotopic (exact) mass is 291 g/mol. The van der Waals surface area contributed by atoms with E-state index in [1.165, 1.54) is 18.4 Å². The van der Waals surface area contributed by atoms with E-state index in [1.807, 2.05) is 0 Å². The summed E-state index contributed by atoms with van der Waals surface area (Å²) < 4.78 is 10.6. The molecule has 0 aromatic carbocycles. The first-order valence-electron chi connectivity index (χ1n) is 5.56. The molecule has 1 atom stereocenters. The highest BCUT2D eigenvalue weighted by Crippen LogP contribution is 2.18. The number of methoxy groups -OCH3 is 1. The number of aromatic nitrogens is 2. The number of esters is 1. The minimum absolute atomic E-state index is 0.116. The minimum atomic E-state index is -0.249. The number of rotatable bonds is 4. The largest absolute Gasteiger partial charge is 0.469 e. The van der Waals surface area contributed by atoms with Crippen LogP contribution in [0.2, 0.25) is 4.47 Å². The average molecular weight is 292 g/mol. The second-order valence-corrected chi connectivity index (χ2v) is 5.60. The quantitative estimate of drug-likeness (QED) is 0.770. The molecular weight excluding hydrogens is 278 g/mol. The molecule has 0 N–H and O–H groups in total. The predicted molar refractivity (Wildman–Crippen MR) is 66.6 cm³/mol. The van der Waals surface area contributed by atoms with E-state index >= 15 is 0 Å². The van der Waals surface area contributed by atoms with Crippen LogP contribution in [-0.4, -0.2) is 54.0 Å². The molecule has 0 saturated carbocycles. The zero-order chi connectivity index (χ0) is 13.0. The highest BCUT2D eigenvalue weighted by Gasteiger charge is 2.24. The molecule has 6 nitrogen and oxygen atoms in total. The number of carbonyl (C=O) groups is 1. The third-order valence-electron chi connectivity index (χ3n) is 2.65. The van der Waals surface area contributed by atoms with Gasteiger partial charge in [-0.15, -0.1) is 10.2 Å². The van der Waals surface area contributed by atoms with Crippen LogP contribution in [0.25, 0.3) is 0 Å². The number of carbonyl (C=O) groups excluding carboxylic acids is 1. The molecule has 1 unspecified atom stereocenters. The summed E-state index contributed by atoms with van der Waals surface area (Å²) in [5, 5.41) is 8.61. The Balaban J connectivity index is 1.84. The highest BCUT2D eigenvalue weighted by molar-refractivity contribution is 7.15. The molecule has 0 radical (unpaired) electrons. The van der Waals surface area contributed by atoms with Gasteiger partial charge in [0.05, 0.1) is 32.8 Å². The Morgan fingerprint density at radius 2 is 2.50 bits per heavy atom. The van der Waals surface area contributed by atoms with Crippen LogP contribution < -0.4 is 0 Å². The second kappa shape index (κ2) is 6.42. The summed E-state index contributed by atoms with van der Waals surface area (Å²) in [5.41, 5.74) is 0. The molecule has 0 aliphatic carbocycles. The van der Waals surface area contributed by atoms with Gasteiger partial charge in [-0.05, 0) is 11.6 Å². The first-order chi connectivity index (χ1) is 8.67. The molecule has 1 aliphatic rings. The van der Waals surface area contributed by atoms with Gasteiger partial charge in [-0.3, -0.25) is 9.69 Å². The Kier molecular flexibility index (Phi) is 4.87. The lowest BCUT2D eigenvalue weighted by Gasteiger charge is -2.31. The van der Waals surface area contributed by atoms with Crippen LogP contribution in [0.5, 0.6) is 0 Å². The van der Waals surface area contributed by atoms with Crippen molar-refractivity contribution in [3.8, 4) is 0 Å². The van der Waals surface area contributed by atoms with Crippen molar-refractivity contribution >= 4 is 28.9 Å². The first kappa shape index (κ1) is 13.7. The Hall–Kier alpha value is -0.760. The van der Waals surface area contributed by atoms with Crippen LogP contribution in [0.1, 0.15) is 11.4 Å². The van der Waals surface area contributed by atoms with Crippen LogP contribution >= 0.6 is 22.9 Å². The molecule has 0 amide bonds. The van der Waals surface area contributed by atoms with Gasteiger partial charge in [0.2, 0.25) is 4.47 Å². The summed E-state index contributed by atoms with van der Waals surface area (Å²) >= 11 is 7.11. The van der Waals surface area contributed by atoms with Crippen LogP contribution in [0.3, 0.4) is 0 Å². The van der Waals surface area contributed by atoms with E-state index < -0.39 is 0 Å². The fourth-order valence-electron chi connectivity index (χ4n) is 1.81. The molecule has 1 fully saturated rings. The van der Waals surface area contributed by atoms with Crippen molar-refractivity contribution in [3.05, 3.63) is 9.47 Å². The first-order valence-corrected chi connectivity index (χ1v) is 6.75. The van der Waals surface area contributed by atoms with Gasteiger partial charge in [0.25, 0.3) is 0 Å². The average Bonchev–Trinajstić information content (AvgIpc) is 2.75. The zero-order valence-corrected chi connectivity index (χ0v) is 11.5. The molecule has 1 saturated heterocycles. The van der Waals surface area contributed by atoms with Crippen LogP contribution in [0.4, 0.5) is 0 Å². The second-order valence-electron chi connectivity index (χ2n) is 3.96. The van der Waals surface area contributed by atoms with Gasteiger partial charge < -0.3 is 9.47 Å². The summed E-state index contributed by atoms with van der Waals surface area (Å²) in [6.07, 6.45) is 0.166. The van der Waals surface area contributed by atoms with E-state index in [2.05, 4.69) is 19.8 Å². The third-order valence-corrected chi connectivity index (χ3v) is 3.65. The molecule has 2 rings (SSSR count). The molecule has 1 aliphatic heterocycles. The van der Waals surface area contributed by atoms with E-state index in [-0.39, 0.29) is 18.5 Å². The minimum Gasteiger partial charge on any atom is -0.469 e. The van der Waals surface area contributed by atoms with Crippen molar-refractivity contribution in [2.24, 2.45) is 0 Å². The van der Waals surface area contributed by atoms with Gasteiger partial charge in [0.15, 0.2) is 0 Å². The lowest BCUT2D eigenvalue weighted by atomic mass is 10.2. The van der Waals surface area contributed by atoms with E-state index in [0.717, 1.165) is 11.6 Å². The third kappa shape index (κ3) is 3.88. The van der Waals surface area contributed by atoms with Gasteiger partial charge >= 0.3 is 5.97 Å². The van der Waals surface area contributed by atoms with E-state index in [1.54, 1.807) is 0 Å². The Labute approximate surface area is 114 Å². The Bertz CT molecular complexity index is 415. The summed E-state index contributed by atoms with van der Waals surface area (Å²) in [6, 6.07) is 0. The molecule has 2 heterocycles. The van der Waals surface area contributed by atoms with Gasteiger partial charge in [0, 0.05) is 13.1 Å². The van der Waals surface area contributed by atoms with E-state index in [4.69, 9.17) is 16.3 Å². The van der Waals surface area contributed by atoms with Gasteiger partial charge in [0.1, 0.15) is 5.01 Å². The molecule has 0 bridgehead atoms. The van der Waals surface area contributed by atoms with Crippen molar-refractivity contribution in [2.45, 2.75) is 19.1 Å².